The third-order valence-electron chi connectivity index (χ3n) is 3.49. The summed E-state index contributed by atoms with van der Waals surface area (Å²) in [6, 6.07) is 8.46. The summed E-state index contributed by atoms with van der Waals surface area (Å²) < 4.78 is 4.79. The third kappa shape index (κ3) is 2.91. The first-order valence-electron chi connectivity index (χ1n) is 6.46. The maximum Gasteiger partial charge on any atom is 0.325 e. The number of benzene rings is 1. The summed E-state index contributed by atoms with van der Waals surface area (Å²) in [6.07, 6.45) is 2.58. The van der Waals surface area contributed by atoms with Crippen molar-refractivity contribution in [1.82, 2.24) is 5.32 Å². The van der Waals surface area contributed by atoms with E-state index in [1.54, 1.807) is 0 Å². The highest BCUT2D eigenvalue weighted by atomic mass is 16.5. The molecule has 98 valence electrons. The molecule has 0 amide bonds. The van der Waals surface area contributed by atoms with Gasteiger partial charge in [0.05, 0.1) is 7.11 Å². The summed E-state index contributed by atoms with van der Waals surface area (Å²) in [5.74, 6) is 0.496. The number of nitrogens with one attached hydrogen (secondary N) is 1. The molecule has 0 spiro atoms. The monoisotopic (exact) mass is 247 g/mol. The van der Waals surface area contributed by atoms with Gasteiger partial charge in [-0.05, 0) is 43.7 Å². The highest BCUT2D eigenvalue weighted by Gasteiger charge is 2.29. The molecule has 0 radical (unpaired) electrons. The minimum absolute atomic E-state index is 0.230. The van der Waals surface area contributed by atoms with Crippen molar-refractivity contribution >= 4 is 5.97 Å². The smallest absolute Gasteiger partial charge is 0.325 e. The molecule has 0 atom stereocenters. The van der Waals surface area contributed by atoms with Gasteiger partial charge in [-0.15, -0.1) is 0 Å². The highest BCUT2D eigenvalue weighted by Crippen LogP contribution is 2.41. The Morgan fingerprint density at radius 3 is 2.67 bits per heavy atom. The Hall–Kier alpha value is -1.35. The van der Waals surface area contributed by atoms with Crippen LogP contribution in [0.25, 0.3) is 0 Å². The summed E-state index contributed by atoms with van der Waals surface area (Å²) in [4.78, 5) is 11.6. The number of hydrogen-bond donors (Lipinski definition) is 1. The van der Waals surface area contributed by atoms with E-state index in [2.05, 4.69) is 23.5 Å². The molecule has 1 aromatic rings. The van der Waals surface area contributed by atoms with Crippen LogP contribution in [0.1, 0.15) is 43.7 Å². The number of ether oxygens (including phenoxy) is 1. The molecule has 2 rings (SSSR count). The third-order valence-corrected chi connectivity index (χ3v) is 3.49. The first-order valence-corrected chi connectivity index (χ1v) is 6.46. The Labute approximate surface area is 109 Å². The molecule has 1 fully saturated rings. The largest absolute Gasteiger partial charge is 0.468 e. The van der Waals surface area contributed by atoms with Crippen molar-refractivity contribution in [3.05, 3.63) is 35.4 Å². The Morgan fingerprint density at radius 1 is 1.39 bits per heavy atom. The summed E-state index contributed by atoms with van der Waals surface area (Å²) >= 11 is 0. The molecule has 18 heavy (non-hydrogen) atoms. The van der Waals surface area contributed by atoms with Crippen LogP contribution < -0.4 is 5.32 Å². The molecule has 0 unspecified atom stereocenters. The average molecular weight is 247 g/mol. The number of carbonyl (C=O) groups excluding carboxylic acids is 1. The predicted molar refractivity (Wildman–Crippen MR) is 71.4 cm³/mol. The van der Waals surface area contributed by atoms with Crippen molar-refractivity contribution in [2.24, 2.45) is 0 Å². The molecule has 0 aliphatic heterocycles. The van der Waals surface area contributed by atoms with Gasteiger partial charge in [0.2, 0.25) is 0 Å². The fourth-order valence-electron chi connectivity index (χ4n) is 2.13. The normalized spacial score (nSPS) is 15.5. The maximum atomic E-state index is 11.6. The Morgan fingerprint density at radius 2 is 2.06 bits per heavy atom. The van der Waals surface area contributed by atoms with Crippen LogP contribution in [-0.4, -0.2) is 18.6 Å². The van der Waals surface area contributed by atoms with Crippen molar-refractivity contribution in [2.45, 2.75) is 44.7 Å². The standard InChI is InChI=1S/C15H21NO2/c1-15(2,14(17)18-3)16-10-12-6-4-5-7-13(12)11-8-9-11/h4-7,11,16H,8-10H2,1-3H3. The zero-order valence-corrected chi connectivity index (χ0v) is 11.3. The first kappa shape index (κ1) is 13.1. The van der Waals surface area contributed by atoms with E-state index >= 15 is 0 Å². The zero-order chi connectivity index (χ0) is 13.2. The van der Waals surface area contributed by atoms with E-state index in [0.717, 1.165) is 5.92 Å². The molecule has 1 aliphatic carbocycles. The van der Waals surface area contributed by atoms with E-state index in [0.29, 0.717) is 6.54 Å². The van der Waals surface area contributed by atoms with E-state index in [1.807, 2.05) is 19.9 Å². The van der Waals surface area contributed by atoms with Crippen LogP contribution in [0.4, 0.5) is 0 Å². The molecule has 0 heterocycles. The van der Waals surface area contributed by atoms with Crippen LogP contribution in [0.2, 0.25) is 0 Å². The van der Waals surface area contributed by atoms with Crippen molar-refractivity contribution in [3.8, 4) is 0 Å². The molecule has 1 aliphatic rings. The molecule has 0 aromatic heterocycles. The molecule has 1 aromatic carbocycles. The molecule has 1 N–H and O–H groups in total. The van der Waals surface area contributed by atoms with Gasteiger partial charge in [-0.3, -0.25) is 10.1 Å². The number of carbonyl (C=O) groups is 1. The van der Waals surface area contributed by atoms with Gasteiger partial charge in [-0.1, -0.05) is 24.3 Å². The van der Waals surface area contributed by atoms with Crippen molar-refractivity contribution < 1.29 is 9.53 Å². The van der Waals surface area contributed by atoms with E-state index in [-0.39, 0.29) is 5.97 Å². The van der Waals surface area contributed by atoms with Crippen LogP contribution in [-0.2, 0) is 16.1 Å². The fourth-order valence-corrected chi connectivity index (χ4v) is 2.13. The minimum Gasteiger partial charge on any atom is -0.468 e. The lowest BCUT2D eigenvalue weighted by molar-refractivity contribution is -0.147. The average Bonchev–Trinajstić information content (AvgIpc) is 3.20. The second-order valence-corrected chi connectivity index (χ2v) is 5.44. The van der Waals surface area contributed by atoms with Gasteiger partial charge in [-0.2, -0.15) is 0 Å². The lowest BCUT2D eigenvalue weighted by Gasteiger charge is -2.24. The van der Waals surface area contributed by atoms with Gasteiger partial charge < -0.3 is 4.74 Å². The van der Waals surface area contributed by atoms with E-state index in [1.165, 1.54) is 31.1 Å². The van der Waals surface area contributed by atoms with Gasteiger partial charge >= 0.3 is 5.97 Å². The van der Waals surface area contributed by atoms with Crippen molar-refractivity contribution in [3.63, 3.8) is 0 Å². The minimum atomic E-state index is -0.647. The number of rotatable bonds is 5. The highest BCUT2D eigenvalue weighted by molar-refractivity contribution is 5.79. The van der Waals surface area contributed by atoms with E-state index in [4.69, 9.17) is 4.74 Å². The molecule has 3 heteroatoms. The second-order valence-electron chi connectivity index (χ2n) is 5.44. The molecule has 1 saturated carbocycles. The lowest BCUT2D eigenvalue weighted by atomic mass is 10.0. The van der Waals surface area contributed by atoms with Crippen LogP contribution in [0.15, 0.2) is 24.3 Å². The van der Waals surface area contributed by atoms with Gasteiger partial charge in [0.15, 0.2) is 0 Å². The van der Waals surface area contributed by atoms with Gasteiger partial charge in [0, 0.05) is 6.54 Å². The van der Waals surface area contributed by atoms with Crippen LogP contribution in [0.3, 0.4) is 0 Å². The van der Waals surface area contributed by atoms with E-state index < -0.39 is 5.54 Å². The van der Waals surface area contributed by atoms with Crippen LogP contribution in [0, 0.1) is 0 Å². The van der Waals surface area contributed by atoms with Gasteiger partial charge in [0.1, 0.15) is 5.54 Å². The van der Waals surface area contributed by atoms with Crippen molar-refractivity contribution in [2.75, 3.05) is 7.11 Å². The maximum absolute atomic E-state index is 11.6. The topological polar surface area (TPSA) is 38.3 Å². The summed E-state index contributed by atoms with van der Waals surface area (Å²) in [7, 11) is 1.42. The van der Waals surface area contributed by atoms with Gasteiger partial charge in [0.25, 0.3) is 0 Å². The SMILES string of the molecule is COC(=O)C(C)(C)NCc1ccccc1C1CC1. The molecule has 0 bridgehead atoms. The number of hydrogen-bond acceptors (Lipinski definition) is 3. The van der Waals surface area contributed by atoms with Crippen LogP contribution >= 0.6 is 0 Å². The Balaban J connectivity index is 2.04. The lowest BCUT2D eigenvalue weighted by Crippen LogP contribution is -2.47. The predicted octanol–water partition coefficient (Wildman–Crippen LogP) is 2.61. The molecule has 0 saturated heterocycles. The molecular formula is C15H21NO2. The second kappa shape index (κ2) is 5.11. The summed E-state index contributed by atoms with van der Waals surface area (Å²) in [5, 5.41) is 3.27. The molecular weight excluding hydrogens is 226 g/mol. The number of methoxy groups -OCH3 is 1. The van der Waals surface area contributed by atoms with Crippen LogP contribution in [0.5, 0.6) is 0 Å². The molecule has 3 nitrogen and oxygen atoms in total. The zero-order valence-electron chi connectivity index (χ0n) is 11.3. The Kier molecular flexibility index (Phi) is 3.71. The number of esters is 1. The first-order chi connectivity index (χ1) is 8.54. The fraction of sp³-hybridized carbons (Fsp3) is 0.533. The van der Waals surface area contributed by atoms with Gasteiger partial charge in [-0.25, -0.2) is 0 Å². The summed E-state index contributed by atoms with van der Waals surface area (Å²) in [5.41, 5.74) is 2.06. The quantitative estimate of drug-likeness (QED) is 0.813. The van der Waals surface area contributed by atoms with E-state index in [9.17, 15) is 4.79 Å². The summed E-state index contributed by atoms with van der Waals surface area (Å²) in [6.45, 7) is 4.39. The van der Waals surface area contributed by atoms with Crippen molar-refractivity contribution in [1.29, 1.82) is 0 Å². The Bertz CT molecular complexity index is 436.